The van der Waals surface area contributed by atoms with Gasteiger partial charge in [-0.2, -0.15) is 4.98 Å². The number of anilines is 3. The van der Waals surface area contributed by atoms with E-state index in [2.05, 4.69) is 25.6 Å². The molecule has 0 unspecified atom stereocenters. The minimum atomic E-state index is -3.39. The molecule has 14 heteroatoms. The molecule has 4 rings (SSSR count). The number of carbonyl (C=O) groups is 1. The summed E-state index contributed by atoms with van der Waals surface area (Å²) in [5, 5.41) is 13.7. The zero-order valence-corrected chi connectivity index (χ0v) is 19.0. The maximum absolute atomic E-state index is 14.5. The van der Waals surface area contributed by atoms with Crippen LogP contribution in [0.3, 0.4) is 0 Å². The van der Waals surface area contributed by atoms with Crippen molar-refractivity contribution >= 4 is 46.3 Å². The number of aliphatic hydroxyl groups excluding tert-OH is 1. The molecule has 0 saturated heterocycles. The van der Waals surface area contributed by atoms with Gasteiger partial charge in [-0.1, -0.05) is 11.6 Å². The van der Waals surface area contributed by atoms with Crippen LogP contribution in [0, 0.1) is 17.6 Å². The topological polar surface area (TPSA) is 131 Å². The fourth-order valence-electron chi connectivity index (χ4n) is 4.07. The molecule has 0 bridgehead atoms. The average molecular weight is 516 g/mol. The van der Waals surface area contributed by atoms with Crippen LogP contribution in [0.1, 0.15) is 31.7 Å². The third-order valence-electron chi connectivity index (χ3n) is 5.88. The number of alkyl halides is 2. The van der Waals surface area contributed by atoms with Crippen molar-refractivity contribution in [2.24, 2.45) is 11.7 Å². The van der Waals surface area contributed by atoms with Crippen LogP contribution < -0.4 is 16.4 Å². The summed E-state index contributed by atoms with van der Waals surface area (Å²) in [6.07, 6.45) is 3.25. The number of nitrogens with two attached hydrogens (primary N) is 1. The molecule has 3 aromatic rings. The Morgan fingerprint density at radius 3 is 2.46 bits per heavy atom. The average Bonchev–Trinajstić information content (AvgIpc) is 3.17. The number of hydrogen-bond donors (Lipinski definition) is 4. The van der Waals surface area contributed by atoms with Crippen molar-refractivity contribution in [1.82, 2.24) is 19.5 Å². The van der Waals surface area contributed by atoms with Gasteiger partial charge in [-0.15, -0.1) is 0 Å². The number of amides is 1. The van der Waals surface area contributed by atoms with E-state index in [9.17, 15) is 22.4 Å². The second-order valence-corrected chi connectivity index (χ2v) is 8.79. The number of fused-ring (bicyclic) bond motifs is 1. The molecule has 1 aromatic carbocycles. The van der Waals surface area contributed by atoms with Crippen molar-refractivity contribution in [3.63, 3.8) is 0 Å². The monoisotopic (exact) mass is 515 g/mol. The van der Waals surface area contributed by atoms with Gasteiger partial charge in [0.1, 0.15) is 17.8 Å². The highest BCUT2D eigenvalue weighted by atomic mass is 35.5. The summed E-state index contributed by atoms with van der Waals surface area (Å²) in [6.45, 7) is -2.26. The Hall–Kier alpha value is -3.19. The molecule has 35 heavy (non-hydrogen) atoms. The first kappa shape index (κ1) is 24.9. The van der Waals surface area contributed by atoms with Crippen molar-refractivity contribution < 1.29 is 27.5 Å². The zero-order valence-electron chi connectivity index (χ0n) is 18.2. The van der Waals surface area contributed by atoms with Gasteiger partial charge in [0.2, 0.25) is 17.8 Å². The van der Waals surface area contributed by atoms with E-state index in [1.54, 1.807) is 4.57 Å². The van der Waals surface area contributed by atoms with E-state index in [4.69, 9.17) is 22.4 Å². The van der Waals surface area contributed by atoms with Crippen LogP contribution >= 0.6 is 11.6 Å². The summed E-state index contributed by atoms with van der Waals surface area (Å²) in [6, 6.07) is 1.61. The Kier molecular flexibility index (Phi) is 6.99. The molecule has 0 spiro atoms. The lowest BCUT2D eigenvalue weighted by molar-refractivity contribution is -0.122. The van der Waals surface area contributed by atoms with Crippen LogP contribution in [-0.4, -0.2) is 49.6 Å². The first-order valence-corrected chi connectivity index (χ1v) is 11.1. The van der Waals surface area contributed by atoms with Crippen LogP contribution in [0.5, 0.6) is 0 Å². The quantitative estimate of drug-likeness (QED) is 0.336. The third-order valence-corrected chi connectivity index (χ3v) is 6.10. The normalized spacial score (nSPS) is 18.6. The van der Waals surface area contributed by atoms with Crippen LogP contribution in [0.15, 0.2) is 18.3 Å². The summed E-state index contributed by atoms with van der Waals surface area (Å²) in [7, 11) is 0. The fraction of sp³-hybridized carbons (Fsp3) is 0.429. The van der Waals surface area contributed by atoms with Crippen molar-refractivity contribution in [2.75, 3.05) is 23.8 Å². The van der Waals surface area contributed by atoms with Gasteiger partial charge in [0.15, 0.2) is 17.3 Å². The molecule has 0 aliphatic heterocycles. The smallest absolute Gasteiger partial charge is 0.287 e. The highest BCUT2D eigenvalue weighted by molar-refractivity contribution is 6.30. The SMILES string of the molecule is NC(=O)[C@H]1CC[C@H](n2c(Nc3c(F)cc(Cl)cc3F)nc3cnc(NCC(F)(F)CO)nc32)CC1. The highest BCUT2D eigenvalue weighted by Crippen LogP contribution is 2.37. The lowest BCUT2D eigenvalue weighted by Crippen LogP contribution is -2.31. The Balaban J connectivity index is 1.74. The van der Waals surface area contributed by atoms with E-state index in [1.165, 1.54) is 6.20 Å². The number of rotatable bonds is 8. The van der Waals surface area contributed by atoms with E-state index >= 15 is 0 Å². The molecule has 1 saturated carbocycles. The fourth-order valence-corrected chi connectivity index (χ4v) is 4.26. The summed E-state index contributed by atoms with van der Waals surface area (Å²) >= 11 is 5.71. The lowest BCUT2D eigenvalue weighted by atomic mass is 9.85. The molecule has 1 fully saturated rings. The van der Waals surface area contributed by atoms with Gasteiger partial charge >= 0.3 is 0 Å². The van der Waals surface area contributed by atoms with E-state index in [0.717, 1.165) is 12.1 Å². The number of halogens is 5. The molecule has 0 atom stereocenters. The van der Waals surface area contributed by atoms with Crippen molar-refractivity contribution in [2.45, 2.75) is 37.6 Å². The number of imidazole rings is 1. The lowest BCUT2D eigenvalue weighted by Gasteiger charge is -2.29. The van der Waals surface area contributed by atoms with Crippen molar-refractivity contribution in [3.8, 4) is 0 Å². The van der Waals surface area contributed by atoms with Crippen LogP contribution in [-0.2, 0) is 4.79 Å². The molecule has 188 valence electrons. The molecule has 1 aliphatic rings. The molecular formula is C21H22ClF4N7O2. The number of primary amides is 1. The Labute approximate surface area is 201 Å². The Morgan fingerprint density at radius 1 is 1.20 bits per heavy atom. The number of aliphatic hydroxyl groups is 1. The molecule has 1 aliphatic carbocycles. The summed E-state index contributed by atoms with van der Waals surface area (Å²) in [5.41, 5.74) is 5.43. The first-order valence-electron chi connectivity index (χ1n) is 10.8. The molecule has 1 amide bonds. The maximum atomic E-state index is 14.5. The van der Waals surface area contributed by atoms with Crippen LogP contribution in [0.4, 0.5) is 35.1 Å². The number of hydrogen-bond acceptors (Lipinski definition) is 7. The number of carbonyl (C=O) groups excluding carboxylic acids is 1. The zero-order chi connectivity index (χ0) is 25.3. The van der Waals surface area contributed by atoms with Gasteiger partial charge in [0.05, 0.1) is 12.7 Å². The third kappa shape index (κ3) is 5.40. The molecule has 5 N–H and O–H groups in total. The highest BCUT2D eigenvalue weighted by Gasteiger charge is 2.30. The number of benzene rings is 1. The standard InChI is InChI=1S/C21H22ClF4N7O2/c22-11-5-13(23)16(14(24)6-11)31-20-30-15-7-28-19(29-8-21(25,26)9-34)32-18(15)33(20)12-3-1-10(2-4-12)17(27)35/h5-7,10,12,34H,1-4,8-9H2,(H2,27,35)(H,30,31)(H,28,29,32)/t10-,12-. The van der Waals surface area contributed by atoms with Crippen molar-refractivity contribution in [1.29, 1.82) is 0 Å². The first-order chi connectivity index (χ1) is 16.6. The summed E-state index contributed by atoms with van der Waals surface area (Å²) < 4.78 is 57.5. The van der Waals surface area contributed by atoms with Crippen LogP contribution in [0.2, 0.25) is 5.02 Å². The number of nitrogens with zero attached hydrogens (tertiary/aromatic N) is 4. The van der Waals surface area contributed by atoms with Gasteiger partial charge in [0.25, 0.3) is 5.92 Å². The summed E-state index contributed by atoms with van der Waals surface area (Å²) in [5.74, 6) is -6.06. The van der Waals surface area contributed by atoms with E-state index in [-0.39, 0.29) is 40.0 Å². The van der Waals surface area contributed by atoms with Gasteiger partial charge in [0, 0.05) is 17.0 Å². The summed E-state index contributed by atoms with van der Waals surface area (Å²) in [4.78, 5) is 24.2. The van der Waals surface area contributed by atoms with Gasteiger partial charge in [-0.3, -0.25) is 9.36 Å². The minimum absolute atomic E-state index is 0.0507. The number of aromatic nitrogens is 4. The minimum Gasteiger partial charge on any atom is -0.390 e. The van der Waals surface area contributed by atoms with Gasteiger partial charge in [-0.05, 0) is 37.8 Å². The second kappa shape index (κ2) is 9.82. The van der Waals surface area contributed by atoms with Crippen LogP contribution in [0.25, 0.3) is 11.2 Å². The Bertz CT molecular complexity index is 1220. The van der Waals surface area contributed by atoms with E-state index in [1.807, 2.05) is 0 Å². The predicted octanol–water partition coefficient (Wildman–Crippen LogP) is 3.76. The van der Waals surface area contributed by atoms with Crippen molar-refractivity contribution in [3.05, 3.63) is 35.0 Å². The van der Waals surface area contributed by atoms with E-state index < -0.39 is 42.3 Å². The van der Waals surface area contributed by atoms with Gasteiger partial charge < -0.3 is 21.5 Å². The predicted molar refractivity (Wildman–Crippen MR) is 121 cm³/mol. The largest absolute Gasteiger partial charge is 0.390 e. The Morgan fingerprint density at radius 2 is 1.86 bits per heavy atom. The maximum Gasteiger partial charge on any atom is 0.287 e. The second-order valence-electron chi connectivity index (χ2n) is 8.35. The molecule has 2 aromatic heterocycles. The van der Waals surface area contributed by atoms with E-state index in [0.29, 0.717) is 25.7 Å². The molecule has 9 nitrogen and oxygen atoms in total. The van der Waals surface area contributed by atoms with Gasteiger partial charge in [-0.25, -0.2) is 27.5 Å². The molecular weight excluding hydrogens is 494 g/mol. The number of nitrogens with one attached hydrogen (secondary N) is 2. The molecule has 0 radical (unpaired) electrons. The molecule has 2 heterocycles.